The van der Waals surface area contributed by atoms with Gasteiger partial charge >= 0.3 is 0 Å². The van der Waals surface area contributed by atoms with E-state index in [1.807, 2.05) is 0 Å². The average molecular weight is 338 g/mol. The maximum Gasteiger partial charge on any atom is 0.0304 e. The minimum atomic E-state index is 0.793. The molecular formula is C18H37Cl2N. The van der Waals surface area contributed by atoms with Crippen LogP contribution >= 0.6 is 23.6 Å². The molecular weight excluding hydrogens is 301 g/mol. The Labute approximate surface area is 144 Å². The lowest BCUT2D eigenvalue weighted by atomic mass is 10.0. The third kappa shape index (κ3) is 20.5. The molecule has 0 saturated heterocycles. The summed E-state index contributed by atoms with van der Waals surface area (Å²) in [4.78, 5) is 0. The lowest BCUT2D eigenvalue weighted by Gasteiger charge is -2.04. The largest absolute Gasteiger partial charge is 0.132 e. The molecule has 0 aromatic rings. The Morgan fingerprint density at radius 3 is 1.05 bits per heavy atom. The fraction of sp³-hybridized carbons (Fsp3) is 1.00. The summed E-state index contributed by atoms with van der Waals surface area (Å²) in [6.07, 6.45) is 22.3. The van der Waals surface area contributed by atoms with Gasteiger partial charge in [-0.2, -0.15) is 0 Å². The van der Waals surface area contributed by atoms with Gasteiger partial charge in [0.1, 0.15) is 0 Å². The molecule has 0 aliphatic heterocycles. The van der Waals surface area contributed by atoms with E-state index in [2.05, 4.69) is 6.92 Å². The third-order valence-electron chi connectivity index (χ3n) is 4.18. The molecule has 0 unspecified atom stereocenters. The highest BCUT2D eigenvalue weighted by Crippen LogP contribution is 2.14. The van der Waals surface area contributed by atoms with Crippen molar-refractivity contribution in [2.45, 2.75) is 110 Å². The SMILES string of the molecule is CCCCCCCCCCCCCCCCCCN(Cl)Cl. The van der Waals surface area contributed by atoms with Gasteiger partial charge in [-0.05, 0) is 30.0 Å². The number of rotatable bonds is 17. The standard InChI is InChI=1S/C18H37Cl2N/c1-2-3-4-5-6-7-8-9-10-11-12-13-14-15-16-17-18-21(19)20/h2-18H2,1H3. The van der Waals surface area contributed by atoms with E-state index in [0.29, 0.717) is 0 Å². The van der Waals surface area contributed by atoms with Crippen LogP contribution < -0.4 is 0 Å². The van der Waals surface area contributed by atoms with Gasteiger partial charge in [0, 0.05) is 6.54 Å². The Kier molecular flexibility index (Phi) is 19.1. The Morgan fingerprint density at radius 2 is 0.762 bits per heavy atom. The zero-order valence-electron chi connectivity index (χ0n) is 14.2. The van der Waals surface area contributed by atoms with E-state index in [-0.39, 0.29) is 0 Å². The molecule has 0 atom stereocenters. The zero-order valence-corrected chi connectivity index (χ0v) is 15.7. The smallest absolute Gasteiger partial charge is 0.0304 e. The first-order chi connectivity index (χ1) is 10.3. The van der Waals surface area contributed by atoms with Crippen LogP contribution in [0.15, 0.2) is 0 Å². The minimum absolute atomic E-state index is 0.793. The third-order valence-corrected chi connectivity index (χ3v) is 4.52. The molecule has 0 radical (unpaired) electrons. The zero-order chi connectivity index (χ0) is 15.6. The average Bonchev–Trinajstić information content (AvgIpc) is 2.46. The van der Waals surface area contributed by atoms with Crippen molar-refractivity contribution in [3.63, 3.8) is 0 Å². The van der Waals surface area contributed by atoms with Gasteiger partial charge in [-0.3, -0.25) is 0 Å². The van der Waals surface area contributed by atoms with Crippen molar-refractivity contribution in [3.8, 4) is 0 Å². The molecule has 128 valence electrons. The van der Waals surface area contributed by atoms with Gasteiger partial charge in [-0.15, -0.1) is 3.94 Å². The maximum absolute atomic E-state index is 5.54. The van der Waals surface area contributed by atoms with Gasteiger partial charge in [0.2, 0.25) is 0 Å². The van der Waals surface area contributed by atoms with Gasteiger partial charge < -0.3 is 0 Å². The lowest BCUT2D eigenvalue weighted by Crippen LogP contribution is -1.99. The normalized spacial score (nSPS) is 11.4. The Balaban J connectivity index is 2.93. The lowest BCUT2D eigenvalue weighted by molar-refractivity contribution is 0.523. The van der Waals surface area contributed by atoms with Crippen molar-refractivity contribution in [2.24, 2.45) is 0 Å². The van der Waals surface area contributed by atoms with Crippen LogP contribution in [0.3, 0.4) is 0 Å². The molecule has 0 N–H and O–H groups in total. The van der Waals surface area contributed by atoms with Crippen molar-refractivity contribution in [2.75, 3.05) is 6.54 Å². The van der Waals surface area contributed by atoms with Crippen LogP contribution in [0, 0.1) is 0 Å². The van der Waals surface area contributed by atoms with Gasteiger partial charge in [0.05, 0.1) is 0 Å². The fourth-order valence-corrected chi connectivity index (χ4v) is 3.02. The summed E-state index contributed by atoms with van der Waals surface area (Å²) in [5, 5.41) is 0. The van der Waals surface area contributed by atoms with Crippen molar-refractivity contribution in [1.82, 2.24) is 3.94 Å². The van der Waals surface area contributed by atoms with Crippen molar-refractivity contribution < 1.29 is 0 Å². The first-order valence-corrected chi connectivity index (χ1v) is 10.0. The number of hydrogen-bond donors (Lipinski definition) is 0. The van der Waals surface area contributed by atoms with Crippen LogP contribution in [0.4, 0.5) is 0 Å². The fourth-order valence-electron chi connectivity index (χ4n) is 2.78. The van der Waals surface area contributed by atoms with Gasteiger partial charge in [-0.1, -0.05) is 103 Å². The second-order valence-corrected chi connectivity index (χ2v) is 7.32. The summed E-state index contributed by atoms with van der Waals surface area (Å²) in [6.45, 7) is 3.08. The van der Waals surface area contributed by atoms with Crippen LogP contribution in [0.5, 0.6) is 0 Å². The molecule has 0 spiro atoms. The highest BCUT2D eigenvalue weighted by Gasteiger charge is 1.96. The van der Waals surface area contributed by atoms with Crippen molar-refractivity contribution in [1.29, 1.82) is 0 Å². The predicted molar refractivity (Wildman–Crippen MR) is 98.0 cm³/mol. The second-order valence-electron chi connectivity index (χ2n) is 6.33. The number of nitrogens with zero attached hydrogens (tertiary/aromatic N) is 1. The Bertz CT molecular complexity index is 186. The summed E-state index contributed by atoms with van der Waals surface area (Å²) >= 11 is 11.1. The molecule has 0 aromatic carbocycles. The van der Waals surface area contributed by atoms with E-state index in [1.54, 1.807) is 0 Å². The summed E-state index contributed by atoms with van der Waals surface area (Å²) in [5.74, 6) is 0. The first kappa shape index (κ1) is 21.5. The minimum Gasteiger partial charge on any atom is -0.132 e. The quantitative estimate of drug-likeness (QED) is 0.193. The number of unbranched alkanes of at least 4 members (excludes halogenated alkanes) is 15. The molecule has 21 heavy (non-hydrogen) atoms. The Hall–Kier alpha value is 0.540. The second kappa shape index (κ2) is 18.6. The van der Waals surface area contributed by atoms with Crippen LogP contribution in [0.2, 0.25) is 0 Å². The highest BCUT2D eigenvalue weighted by molar-refractivity contribution is 6.33. The van der Waals surface area contributed by atoms with E-state index in [1.165, 1.54) is 100 Å². The molecule has 3 heteroatoms. The Morgan fingerprint density at radius 1 is 0.476 bits per heavy atom. The topological polar surface area (TPSA) is 3.24 Å². The van der Waals surface area contributed by atoms with Gasteiger partial charge in [-0.25, -0.2) is 0 Å². The summed E-state index contributed by atoms with van der Waals surface area (Å²) in [5.41, 5.74) is 0. The highest BCUT2D eigenvalue weighted by atomic mass is 35.5. The summed E-state index contributed by atoms with van der Waals surface area (Å²) in [6, 6.07) is 0. The van der Waals surface area contributed by atoms with E-state index >= 15 is 0 Å². The molecule has 0 aliphatic rings. The summed E-state index contributed by atoms with van der Waals surface area (Å²) < 4.78 is 1.24. The number of hydrogen-bond acceptors (Lipinski definition) is 1. The van der Waals surface area contributed by atoms with Crippen LogP contribution in [0.1, 0.15) is 110 Å². The van der Waals surface area contributed by atoms with Crippen LogP contribution in [0.25, 0.3) is 0 Å². The molecule has 0 bridgehead atoms. The number of halogens is 2. The van der Waals surface area contributed by atoms with Gasteiger partial charge in [0.25, 0.3) is 0 Å². The molecule has 0 rings (SSSR count). The molecule has 0 aliphatic carbocycles. The van der Waals surface area contributed by atoms with Crippen molar-refractivity contribution in [3.05, 3.63) is 0 Å². The molecule has 0 amide bonds. The van der Waals surface area contributed by atoms with E-state index in [9.17, 15) is 0 Å². The maximum atomic E-state index is 5.54. The van der Waals surface area contributed by atoms with E-state index in [4.69, 9.17) is 23.6 Å². The van der Waals surface area contributed by atoms with Crippen molar-refractivity contribution >= 4 is 23.6 Å². The monoisotopic (exact) mass is 337 g/mol. The molecule has 0 aromatic heterocycles. The van der Waals surface area contributed by atoms with E-state index < -0.39 is 0 Å². The molecule has 0 heterocycles. The predicted octanol–water partition coefficient (Wildman–Crippen LogP) is 7.86. The van der Waals surface area contributed by atoms with Gasteiger partial charge in [0.15, 0.2) is 0 Å². The first-order valence-electron chi connectivity index (χ1n) is 9.36. The van der Waals surface area contributed by atoms with Crippen LogP contribution in [-0.4, -0.2) is 10.5 Å². The van der Waals surface area contributed by atoms with Crippen LogP contribution in [-0.2, 0) is 0 Å². The molecule has 0 fully saturated rings. The molecule has 1 nitrogen and oxygen atoms in total. The van der Waals surface area contributed by atoms with E-state index in [0.717, 1.165) is 13.0 Å². The summed E-state index contributed by atoms with van der Waals surface area (Å²) in [7, 11) is 0. The molecule has 0 saturated carbocycles.